The van der Waals surface area contributed by atoms with Gasteiger partial charge in [-0.1, -0.05) is 28.1 Å². The highest BCUT2D eigenvalue weighted by atomic mass is 79.9. The van der Waals surface area contributed by atoms with E-state index in [0.29, 0.717) is 13.0 Å². The van der Waals surface area contributed by atoms with Gasteiger partial charge >= 0.3 is 0 Å². The summed E-state index contributed by atoms with van der Waals surface area (Å²) in [7, 11) is 0. The predicted molar refractivity (Wildman–Crippen MR) is 68.1 cm³/mol. The van der Waals surface area contributed by atoms with Crippen molar-refractivity contribution in [3.63, 3.8) is 0 Å². The molecular weight excluding hydrogens is 268 g/mol. The van der Waals surface area contributed by atoms with Crippen LogP contribution in [0.15, 0.2) is 34.9 Å². The summed E-state index contributed by atoms with van der Waals surface area (Å²) in [6.07, 6.45) is 1.73. The van der Waals surface area contributed by atoms with Gasteiger partial charge in [-0.25, -0.2) is 0 Å². The zero-order chi connectivity index (χ0) is 11.5. The standard InChI is InChI=1S/C12H13BrN2O/c13-10-4-3-9(11(16)5-6-14)12-8(10)2-1-7-15-12/h1-4,7,11,16H,5-6,14H2. The SMILES string of the molecule is NCCC(O)c1ccc(Br)c2cccnc12. The number of pyridine rings is 1. The number of halogens is 1. The molecule has 0 aliphatic heterocycles. The van der Waals surface area contributed by atoms with E-state index < -0.39 is 6.10 Å². The molecule has 0 aliphatic rings. The second-order valence-corrected chi connectivity index (χ2v) is 4.48. The third-order valence-corrected chi connectivity index (χ3v) is 3.24. The van der Waals surface area contributed by atoms with E-state index in [0.717, 1.165) is 20.9 Å². The van der Waals surface area contributed by atoms with Crippen molar-refractivity contribution < 1.29 is 5.11 Å². The highest BCUT2D eigenvalue weighted by Gasteiger charge is 2.12. The molecule has 2 rings (SSSR count). The fourth-order valence-electron chi connectivity index (χ4n) is 1.74. The molecule has 0 aliphatic carbocycles. The van der Waals surface area contributed by atoms with Crippen molar-refractivity contribution in [2.75, 3.05) is 6.54 Å². The molecule has 0 saturated carbocycles. The average molecular weight is 281 g/mol. The van der Waals surface area contributed by atoms with E-state index in [4.69, 9.17) is 5.73 Å². The molecule has 0 amide bonds. The van der Waals surface area contributed by atoms with Gasteiger partial charge < -0.3 is 10.8 Å². The minimum absolute atomic E-state index is 0.464. The lowest BCUT2D eigenvalue weighted by atomic mass is 10.0. The maximum atomic E-state index is 9.97. The lowest BCUT2D eigenvalue weighted by Crippen LogP contribution is -2.07. The van der Waals surface area contributed by atoms with Gasteiger partial charge in [-0.15, -0.1) is 0 Å². The zero-order valence-electron chi connectivity index (χ0n) is 8.73. The topological polar surface area (TPSA) is 59.1 Å². The molecular formula is C12H13BrN2O. The van der Waals surface area contributed by atoms with Crippen molar-refractivity contribution >= 4 is 26.8 Å². The first-order valence-corrected chi connectivity index (χ1v) is 5.94. The van der Waals surface area contributed by atoms with Crippen LogP contribution in [0.4, 0.5) is 0 Å². The summed E-state index contributed by atoms with van der Waals surface area (Å²) >= 11 is 3.47. The summed E-state index contributed by atoms with van der Waals surface area (Å²) in [6.45, 7) is 0.464. The minimum Gasteiger partial charge on any atom is -0.388 e. The maximum Gasteiger partial charge on any atom is 0.0823 e. The van der Waals surface area contributed by atoms with Gasteiger partial charge in [0.15, 0.2) is 0 Å². The Balaban J connectivity index is 2.58. The fraction of sp³-hybridized carbons (Fsp3) is 0.250. The number of benzene rings is 1. The summed E-state index contributed by atoms with van der Waals surface area (Å²) in [5.74, 6) is 0. The van der Waals surface area contributed by atoms with Crippen molar-refractivity contribution in [1.29, 1.82) is 0 Å². The lowest BCUT2D eigenvalue weighted by molar-refractivity contribution is 0.171. The Hall–Kier alpha value is -0.970. The zero-order valence-corrected chi connectivity index (χ0v) is 10.3. The quantitative estimate of drug-likeness (QED) is 0.908. The molecule has 4 heteroatoms. The lowest BCUT2D eigenvalue weighted by Gasteiger charge is -2.12. The molecule has 1 unspecified atom stereocenters. The van der Waals surface area contributed by atoms with Gasteiger partial charge in [0.05, 0.1) is 11.6 Å². The van der Waals surface area contributed by atoms with Crippen LogP contribution in [0, 0.1) is 0 Å². The largest absolute Gasteiger partial charge is 0.388 e. The van der Waals surface area contributed by atoms with Gasteiger partial charge in [0, 0.05) is 21.6 Å². The van der Waals surface area contributed by atoms with Gasteiger partial charge in [-0.3, -0.25) is 4.98 Å². The van der Waals surface area contributed by atoms with E-state index in [1.807, 2.05) is 24.3 Å². The Bertz CT molecular complexity index is 501. The van der Waals surface area contributed by atoms with Crippen molar-refractivity contribution in [3.05, 3.63) is 40.5 Å². The molecule has 3 nitrogen and oxygen atoms in total. The van der Waals surface area contributed by atoms with Gasteiger partial charge in [-0.2, -0.15) is 0 Å². The van der Waals surface area contributed by atoms with Crippen molar-refractivity contribution in [3.8, 4) is 0 Å². The highest BCUT2D eigenvalue weighted by molar-refractivity contribution is 9.10. The molecule has 0 bridgehead atoms. The van der Waals surface area contributed by atoms with E-state index in [2.05, 4.69) is 20.9 Å². The molecule has 1 atom stereocenters. The molecule has 2 aromatic rings. The first-order chi connectivity index (χ1) is 7.74. The number of aliphatic hydroxyl groups is 1. The predicted octanol–water partition coefficient (Wildman–Crippen LogP) is 2.38. The van der Waals surface area contributed by atoms with Crippen molar-refractivity contribution in [1.82, 2.24) is 4.98 Å². The summed E-state index contributed by atoms with van der Waals surface area (Å²) in [5, 5.41) is 11.0. The Morgan fingerprint density at radius 2 is 2.19 bits per heavy atom. The van der Waals surface area contributed by atoms with Crippen LogP contribution in [0.1, 0.15) is 18.1 Å². The van der Waals surface area contributed by atoms with Crippen LogP contribution in [-0.2, 0) is 0 Å². The number of aromatic nitrogens is 1. The van der Waals surface area contributed by atoms with Crippen LogP contribution in [0.5, 0.6) is 0 Å². The molecule has 1 aromatic heterocycles. The van der Waals surface area contributed by atoms with Gasteiger partial charge in [0.2, 0.25) is 0 Å². The van der Waals surface area contributed by atoms with E-state index in [1.165, 1.54) is 0 Å². The second kappa shape index (κ2) is 4.91. The molecule has 0 radical (unpaired) electrons. The first-order valence-electron chi connectivity index (χ1n) is 5.15. The molecule has 0 saturated heterocycles. The Kier molecular flexibility index (Phi) is 3.53. The third-order valence-electron chi connectivity index (χ3n) is 2.55. The number of hydrogen-bond acceptors (Lipinski definition) is 3. The normalized spacial score (nSPS) is 12.9. The minimum atomic E-state index is -0.546. The highest BCUT2D eigenvalue weighted by Crippen LogP contribution is 2.29. The summed E-state index contributed by atoms with van der Waals surface area (Å²) in [5.41, 5.74) is 7.12. The smallest absolute Gasteiger partial charge is 0.0823 e. The van der Waals surface area contributed by atoms with Crippen LogP contribution in [0.25, 0.3) is 10.9 Å². The number of nitrogens with two attached hydrogens (primary N) is 1. The third kappa shape index (κ3) is 2.09. The van der Waals surface area contributed by atoms with Crippen molar-refractivity contribution in [2.24, 2.45) is 5.73 Å². The van der Waals surface area contributed by atoms with Crippen LogP contribution in [0.3, 0.4) is 0 Å². The summed E-state index contributed by atoms with van der Waals surface area (Å²) < 4.78 is 0.985. The number of aliphatic hydroxyl groups excluding tert-OH is 1. The Morgan fingerprint density at radius 1 is 1.38 bits per heavy atom. The van der Waals surface area contributed by atoms with Crippen molar-refractivity contribution in [2.45, 2.75) is 12.5 Å². The van der Waals surface area contributed by atoms with E-state index in [1.54, 1.807) is 6.20 Å². The van der Waals surface area contributed by atoms with Gasteiger partial charge in [-0.05, 0) is 25.1 Å². The van der Waals surface area contributed by atoms with Crippen LogP contribution >= 0.6 is 15.9 Å². The molecule has 1 heterocycles. The van der Waals surface area contributed by atoms with Crippen LogP contribution in [-0.4, -0.2) is 16.6 Å². The number of hydrogen-bond donors (Lipinski definition) is 2. The van der Waals surface area contributed by atoms with Gasteiger partial charge in [0.25, 0.3) is 0 Å². The Labute approximate surface area is 102 Å². The molecule has 3 N–H and O–H groups in total. The number of fused-ring (bicyclic) bond motifs is 1. The van der Waals surface area contributed by atoms with Gasteiger partial charge in [0.1, 0.15) is 0 Å². The molecule has 0 spiro atoms. The summed E-state index contributed by atoms with van der Waals surface area (Å²) in [6, 6.07) is 7.68. The maximum absolute atomic E-state index is 9.97. The molecule has 84 valence electrons. The Morgan fingerprint density at radius 3 is 2.94 bits per heavy atom. The first kappa shape index (κ1) is 11.5. The molecule has 16 heavy (non-hydrogen) atoms. The van der Waals surface area contributed by atoms with E-state index in [-0.39, 0.29) is 0 Å². The number of nitrogens with zero attached hydrogens (tertiary/aromatic N) is 1. The van der Waals surface area contributed by atoms with Crippen LogP contribution < -0.4 is 5.73 Å². The van der Waals surface area contributed by atoms with Crippen LogP contribution in [0.2, 0.25) is 0 Å². The van der Waals surface area contributed by atoms with E-state index >= 15 is 0 Å². The summed E-state index contributed by atoms with van der Waals surface area (Å²) in [4.78, 5) is 4.31. The average Bonchev–Trinajstić information content (AvgIpc) is 2.30. The second-order valence-electron chi connectivity index (χ2n) is 3.63. The molecule has 0 fully saturated rings. The monoisotopic (exact) mass is 280 g/mol. The fourth-order valence-corrected chi connectivity index (χ4v) is 2.19. The van der Waals surface area contributed by atoms with E-state index in [9.17, 15) is 5.11 Å². The number of rotatable bonds is 3. The molecule has 1 aromatic carbocycles.